The lowest BCUT2D eigenvalue weighted by molar-refractivity contribution is 0.0483. The molecule has 1 aliphatic heterocycles. The van der Waals surface area contributed by atoms with E-state index >= 15 is 0 Å². The molecule has 0 aliphatic carbocycles. The zero-order chi connectivity index (χ0) is 13.7. The molecule has 1 aliphatic rings. The van der Waals surface area contributed by atoms with Gasteiger partial charge in [0.05, 0.1) is 13.7 Å². The lowest BCUT2D eigenvalue weighted by atomic mass is 10.0. The lowest BCUT2D eigenvalue weighted by Gasteiger charge is -2.22. The normalized spacial score (nSPS) is 16.1. The number of benzene rings is 1. The summed E-state index contributed by atoms with van der Waals surface area (Å²) in [5.74, 6) is 0.529. The van der Waals surface area contributed by atoms with E-state index in [1.54, 1.807) is 18.2 Å². The Morgan fingerprint density at radius 1 is 1.42 bits per heavy atom. The van der Waals surface area contributed by atoms with Crippen LogP contribution >= 0.6 is 0 Å². The van der Waals surface area contributed by atoms with Crippen molar-refractivity contribution in [2.75, 3.05) is 32.7 Å². The van der Waals surface area contributed by atoms with Crippen LogP contribution in [0.3, 0.4) is 0 Å². The highest BCUT2D eigenvalue weighted by Crippen LogP contribution is 2.24. The van der Waals surface area contributed by atoms with Crippen LogP contribution in [0, 0.1) is 5.92 Å². The average Bonchev–Trinajstić information content (AvgIpc) is 2.45. The summed E-state index contributed by atoms with van der Waals surface area (Å²) in [6, 6.07) is 4.94. The van der Waals surface area contributed by atoms with Crippen LogP contribution in [0.1, 0.15) is 23.2 Å². The molecule has 5 heteroatoms. The molecule has 0 atom stereocenters. The molecule has 19 heavy (non-hydrogen) atoms. The van der Waals surface area contributed by atoms with Crippen LogP contribution in [-0.4, -0.2) is 32.9 Å². The molecule has 0 spiro atoms. The van der Waals surface area contributed by atoms with Crippen molar-refractivity contribution in [2.24, 2.45) is 5.92 Å². The largest absolute Gasteiger partial charge is 0.492 e. The van der Waals surface area contributed by atoms with Gasteiger partial charge in [-0.25, -0.2) is 4.79 Å². The topological polar surface area (TPSA) is 70.8 Å². The monoisotopic (exact) mass is 265 g/mol. The molecule has 2 rings (SSSR count). The molecule has 104 valence electrons. The second-order valence-corrected chi connectivity index (χ2v) is 4.61. The first-order chi connectivity index (χ1) is 9.20. The van der Waals surface area contributed by atoms with Crippen molar-refractivity contribution in [1.82, 2.24) is 0 Å². The summed E-state index contributed by atoms with van der Waals surface area (Å²) in [6.07, 6.45) is 1.96. The van der Waals surface area contributed by atoms with Crippen molar-refractivity contribution in [3.05, 3.63) is 23.8 Å². The first-order valence-electron chi connectivity index (χ1n) is 6.39. The summed E-state index contributed by atoms with van der Waals surface area (Å²) in [6.45, 7) is 2.11. The van der Waals surface area contributed by atoms with Gasteiger partial charge in [0.15, 0.2) is 0 Å². The van der Waals surface area contributed by atoms with E-state index in [4.69, 9.17) is 19.9 Å². The van der Waals surface area contributed by atoms with Crippen molar-refractivity contribution >= 4 is 11.7 Å². The van der Waals surface area contributed by atoms with Crippen LogP contribution in [0.25, 0.3) is 0 Å². The third-order valence-electron chi connectivity index (χ3n) is 3.23. The highest BCUT2D eigenvalue weighted by atomic mass is 16.5. The zero-order valence-electron chi connectivity index (χ0n) is 11.1. The number of anilines is 1. The molecule has 2 N–H and O–H groups in total. The summed E-state index contributed by atoms with van der Waals surface area (Å²) in [5, 5.41) is 0. The van der Waals surface area contributed by atoms with Gasteiger partial charge in [0.25, 0.3) is 0 Å². The number of esters is 1. The Labute approximate surface area is 112 Å². The van der Waals surface area contributed by atoms with E-state index in [2.05, 4.69) is 0 Å². The quantitative estimate of drug-likeness (QED) is 0.664. The highest BCUT2D eigenvalue weighted by Gasteiger charge is 2.17. The minimum Gasteiger partial charge on any atom is -0.492 e. The Morgan fingerprint density at radius 3 is 2.84 bits per heavy atom. The van der Waals surface area contributed by atoms with Gasteiger partial charge in [0.2, 0.25) is 0 Å². The van der Waals surface area contributed by atoms with Crippen molar-refractivity contribution < 1.29 is 19.0 Å². The van der Waals surface area contributed by atoms with Gasteiger partial charge in [0, 0.05) is 25.0 Å². The third-order valence-corrected chi connectivity index (χ3v) is 3.23. The highest BCUT2D eigenvalue weighted by molar-refractivity contribution is 5.93. The predicted molar refractivity (Wildman–Crippen MR) is 71.2 cm³/mol. The van der Waals surface area contributed by atoms with Crippen LogP contribution < -0.4 is 10.5 Å². The summed E-state index contributed by atoms with van der Waals surface area (Å²) >= 11 is 0. The first kappa shape index (κ1) is 13.7. The minimum absolute atomic E-state index is 0.406. The minimum atomic E-state index is -0.415. The van der Waals surface area contributed by atoms with Crippen molar-refractivity contribution in [3.63, 3.8) is 0 Å². The van der Waals surface area contributed by atoms with Gasteiger partial charge < -0.3 is 19.9 Å². The van der Waals surface area contributed by atoms with Gasteiger partial charge in [-0.1, -0.05) is 0 Å². The van der Waals surface area contributed by atoms with Crippen LogP contribution in [-0.2, 0) is 9.47 Å². The van der Waals surface area contributed by atoms with Crippen molar-refractivity contribution in [2.45, 2.75) is 12.8 Å². The molecule has 1 aromatic rings. The van der Waals surface area contributed by atoms with Crippen LogP contribution in [0.5, 0.6) is 5.75 Å². The van der Waals surface area contributed by atoms with E-state index in [1.165, 1.54) is 7.11 Å². The number of rotatable bonds is 4. The Balaban J connectivity index is 2.05. The second kappa shape index (κ2) is 6.43. The Hall–Kier alpha value is -1.75. The SMILES string of the molecule is COC(=O)c1ccc(N)cc1OCC1CCOCC1. The van der Waals surface area contributed by atoms with Gasteiger partial charge in [-0.15, -0.1) is 0 Å². The maximum atomic E-state index is 11.6. The Kier molecular flexibility index (Phi) is 4.63. The van der Waals surface area contributed by atoms with E-state index < -0.39 is 5.97 Å². The van der Waals surface area contributed by atoms with E-state index in [9.17, 15) is 4.79 Å². The van der Waals surface area contributed by atoms with E-state index in [-0.39, 0.29) is 0 Å². The predicted octanol–water partition coefficient (Wildman–Crippen LogP) is 1.86. The van der Waals surface area contributed by atoms with Crippen molar-refractivity contribution in [1.29, 1.82) is 0 Å². The van der Waals surface area contributed by atoms with Crippen LogP contribution in [0.15, 0.2) is 18.2 Å². The molecule has 1 saturated heterocycles. The van der Waals surface area contributed by atoms with Crippen LogP contribution in [0.2, 0.25) is 0 Å². The van der Waals surface area contributed by atoms with Gasteiger partial charge in [-0.3, -0.25) is 0 Å². The molecule has 1 aromatic carbocycles. The zero-order valence-corrected chi connectivity index (χ0v) is 11.1. The maximum Gasteiger partial charge on any atom is 0.341 e. The molecule has 0 bridgehead atoms. The number of hydrogen-bond acceptors (Lipinski definition) is 5. The second-order valence-electron chi connectivity index (χ2n) is 4.61. The number of hydrogen-bond donors (Lipinski definition) is 1. The number of carbonyl (C=O) groups is 1. The molecule has 0 unspecified atom stereocenters. The van der Waals surface area contributed by atoms with Crippen molar-refractivity contribution in [3.8, 4) is 5.75 Å². The van der Waals surface area contributed by atoms with E-state index in [0.29, 0.717) is 29.5 Å². The number of carbonyl (C=O) groups excluding carboxylic acids is 1. The fourth-order valence-corrected chi connectivity index (χ4v) is 2.06. The molecular formula is C14H19NO4. The first-order valence-corrected chi connectivity index (χ1v) is 6.39. The van der Waals surface area contributed by atoms with E-state index in [0.717, 1.165) is 26.1 Å². The molecule has 1 heterocycles. The molecule has 0 aromatic heterocycles. The van der Waals surface area contributed by atoms with Gasteiger partial charge in [-0.05, 0) is 30.9 Å². The summed E-state index contributed by atoms with van der Waals surface area (Å²) in [5.41, 5.74) is 6.70. The Morgan fingerprint density at radius 2 is 2.16 bits per heavy atom. The standard InChI is InChI=1S/C14H19NO4/c1-17-14(16)12-3-2-11(15)8-13(12)19-9-10-4-6-18-7-5-10/h2-3,8,10H,4-7,9,15H2,1H3. The number of methoxy groups -OCH3 is 1. The number of nitrogen functional groups attached to an aromatic ring is 1. The Bertz CT molecular complexity index is 441. The fraction of sp³-hybridized carbons (Fsp3) is 0.500. The number of ether oxygens (including phenoxy) is 3. The molecular weight excluding hydrogens is 246 g/mol. The summed E-state index contributed by atoms with van der Waals surface area (Å²) < 4.78 is 15.8. The molecule has 5 nitrogen and oxygen atoms in total. The average molecular weight is 265 g/mol. The smallest absolute Gasteiger partial charge is 0.341 e. The number of nitrogens with two attached hydrogens (primary N) is 1. The van der Waals surface area contributed by atoms with Gasteiger partial charge in [0.1, 0.15) is 11.3 Å². The fourth-order valence-electron chi connectivity index (χ4n) is 2.06. The molecule has 0 radical (unpaired) electrons. The molecule has 0 amide bonds. The summed E-state index contributed by atoms with van der Waals surface area (Å²) in [7, 11) is 1.35. The summed E-state index contributed by atoms with van der Waals surface area (Å²) in [4.78, 5) is 11.6. The maximum absolute atomic E-state index is 11.6. The van der Waals surface area contributed by atoms with E-state index in [1.807, 2.05) is 0 Å². The van der Waals surface area contributed by atoms with Crippen LogP contribution in [0.4, 0.5) is 5.69 Å². The van der Waals surface area contributed by atoms with Gasteiger partial charge in [-0.2, -0.15) is 0 Å². The third kappa shape index (κ3) is 3.61. The lowest BCUT2D eigenvalue weighted by Crippen LogP contribution is -2.22. The molecule has 1 fully saturated rings. The van der Waals surface area contributed by atoms with Gasteiger partial charge >= 0.3 is 5.97 Å². The molecule has 0 saturated carbocycles.